The summed E-state index contributed by atoms with van der Waals surface area (Å²) in [6, 6.07) is 4.91. The van der Waals surface area contributed by atoms with Crippen LogP contribution in [0, 0.1) is 0 Å². The predicted octanol–water partition coefficient (Wildman–Crippen LogP) is 1.10. The first-order valence-corrected chi connectivity index (χ1v) is 6.64. The van der Waals surface area contributed by atoms with Crippen LogP contribution in [0.25, 0.3) is 10.9 Å². The summed E-state index contributed by atoms with van der Waals surface area (Å²) in [6.07, 6.45) is 0.193. The topological polar surface area (TPSA) is 104 Å². The third-order valence-corrected chi connectivity index (χ3v) is 3.73. The van der Waals surface area contributed by atoms with Gasteiger partial charge in [0.2, 0.25) is 0 Å². The maximum absolute atomic E-state index is 11.3. The number of benzene rings is 1. The van der Waals surface area contributed by atoms with Crippen LogP contribution >= 0.6 is 0 Å². The Balaban J connectivity index is 2.22. The van der Waals surface area contributed by atoms with Crippen molar-refractivity contribution in [2.24, 2.45) is 0 Å². The fraction of sp³-hybridized carbons (Fsp3) is 0.286. The van der Waals surface area contributed by atoms with E-state index in [0.29, 0.717) is 5.39 Å². The minimum absolute atomic E-state index is 0.00933. The summed E-state index contributed by atoms with van der Waals surface area (Å²) in [5.74, 6) is -1.14. The molecular formula is C14H15N3O4. The summed E-state index contributed by atoms with van der Waals surface area (Å²) in [5, 5.41) is 25.8. The Morgan fingerprint density at radius 2 is 2.00 bits per heavy atom. The van der Waals surface area contributed by atoms with Gasteiger partial charge in [-0.15, -0.1) is 0 Å². The smallest absolute Gasteiger partial charge is 0.416 e. The fourth-order valence-electron chi connectivity index (χ4n) is 2.79. The van der Waals surface area contributed by atoms with E-state index in [4.69, 9.17) is 0 Å². The van der Waals surface area contributed by atoms with Gasteiger partial charge < -0.3 is 20.8 Å². The molecule has 1 saturated heterocycles. The molecule has 1 aliphatic rings. The summed E-state index contributed by atoms with van der Waals surface area (Å²) in [7, 11) is 0. The molecule has 1 fully saturated rings. The molecule has 1 aromatic carbocycles. The van der Waals surface area contributed by atoms with Crippen LogP contribution in [0.5, 0.6) is 0 Å². The zero-order chi connectivity index (χ0) is 15.0. The van der Waals surface area contributed by atoms with Gasteiger partial charge in [-0.3, -0.25) is 4.57 Å². The molecule has 0 spiro atoms. The third kappa shape index (κ3) is 2.26. The number of nitrogens with one attached hydrogen (secondary N) is 2. The first-order chi connectivity index (χ1) is 10.1. The highest BCUT2D eigenvalue weighted by Gasteiger charge is 2.22. The zero-order valence-corrected chi connectivity index (χ0v) is 11.2. The molecule has 110 valence electrons. The SMILES string of the molecule is O=C(O)c1ccc(C2CNCCN2)c2ccn(C(=O)O)c12. The molecule has 4 N–H and O–H groups in total. The van der Waals surface area contributed by atoms with Gasteiger partial charge in [0, 0.05) is 37.3 Å². The average Bonchev–Trinajstić information content (AvgIpc) is 2.92. The number of fused-ring (bicyclic) bond motifs is 1. The molecule has 0 saturated carbocycles. The molecule has 7 heteroatoms. The molecular weight excluding hydrogens is 274 g/mol. The van der Waals surface area contributed by atoms with E-state index in [0.717, 1.165) is 29.8 Å². The van der Waals surface area contributed by atoms with E-state index in [2.05, 4.69) is 10.6 Å². The standard InChI is InChI=1S/C14H15N3O4/c18-13(19)10-2-1-8(11-7-15-4-5-16-11)9-3-6-17(12(9)10)14(20)21/h1-3,6,11,15-16H,4-5,7H2,(H,18,19)(H,20,21). The van der Waals surface area contributed by atoms with Crippen molar-refractivity contribution in [1.29, 1.82) is 0 Å². The highest BCUT2D eigenvalue weighted by molar-refractivity contribution is 6.06. The molecule has 1 aromatic heterocycles. The summed E-state index contributed by atoms with van der Waals surface area (Å²) >= 11 is 0. The molecule has 0 aliphatic carbocycles. The van der Waals surface area contributed by atoms with Crippen molar-refractivity contribution in [2.45, 2.75) is 6.04 Å². The van der Waals surface area contributed by atoms with Crippen LogP contribution in [-0.2, 0) is 0 Å². The van der Waals surface area contributed by atoms with Crippen molar-refractivity contribution >= 4 is 23.0 Å². The summed E-state index contributed by atoms with van der Waals surface area (Å²) in [4.78, 5) is 22.6. The third-order valence-electron chi connectivity index (χ3n) is 3.73. The van der Waals surface area contributed by atoms with Crippen molar-refractivity contribution in [3.63, 3.8) is 0 Å². The quantitative estimate of drug-likeness (QED) is 0.660. The van der Waals surface area contributed by atoms with Crippen molar-refractivity contribution < 1.29 is 19.8 Å². The van der Waals surface area contributed by atoms with Gasteiger partial charge in [-0.25, -0.2) is 9.59 Å². The second-order valence-electron chi connectivity index (χ2n) is 4.95. The second kappa shape index (κ2) is 5.19. The molecule has 3 rings (SSSR count). The normalized spacial score (nSPS) is 18.8. The van der Waals surface area contributed by atoms with Crippen molar-refractivity contribution in [3.05, 3.63) is 35.5 Å². The van der Waals surface area contributed by atoms with E-state index in [1.807, 2.05) is 0 Å². The number of rotatable bonds is 2. The first kappa shape index (κ1) is 13.6. The van der Waals surface area contributed by atoms with Crippen molar-refractivity contribution in [2.75, 3.05) is 19.6 Å². The molecule has 21 heavy (non-hydrogen) atoms. The molecule has 2 aromatic rings. The molecule has 0 amide bonds. The minimum atomic E-state index is -1.20. The Morgan fingerprint density at radius 1 is 1.19 bits per heavy atom. The number of piperazine rings is 1. The van der Waals surface area contributed by atoms with Crippen LogP contribution in [0.3, 0.4) is 0 Å². The van der Waals surface area contributed by atoms with E-state index in [1.54, 1.807) is 12.1 Å². The lowest BCUT2D eigenvalue weighted by molar-refractivity contribution is 0.0698. The average molecular weight is 289 g/mol. The minimum Gasteiger partial charge on any atom is -0.478 e. The van der Waals surface area contributed by atoms with E-state index in [-0.39, 0.29) is 17.1 Å². The van der Waals surface area contributed by atoms with Crippen molar-refractivity contribution in [3.8, 4) is 0 Å². The van der Waals surface area contributed by atoms with Gasteiger partial charge >= 0.3 is 12.1 Å². The fourth-order valence-corrected chi connectivity index (χ4v) is 2.79. The largest absolute Gasteiger partial charge is 0.478 e. The lowest BCUT2D eigenvalue weighted by atomic mass is 9.98. The number of nitrogens with zero attached hydrogens (tertiary/aromatic N) is 1. The highest BCUT2D eigenvalue weighted by Crippen LogP contribution is 2.29. The molecule has 1 aliphatic heterocycles. The van der Waals surface area contributed by atoms with Gasteiger partial charge in [0.05, 0.1) is 11.1 Å². The first-order valence-electron chi connectivity index (χ1n) is 6.64. The lowest BCUT2D eigenvalue weighted by Gasteiger charge is -2.25. The Labute approximate surface area is 120 Å². The van der Waals surface area contributed by atoms with Crippen LogP contribution < -0.4 is 10.6 Å². The summed E-state index contributed by atoms with van der Waals surface area (Å²) < 4.78 is 0.957. The number of aromatic nitrogens is 1. The Bertz CT molecular complexity index is 716. The number of carbonyl (C=O) groups is 2. The Morgan fingerprint density at radius 3 is 2.62 bits per heavy atom. The van der Waals surface area contributed by atoms with E-state index < -0.39 is 12.1 Å². The van der Waals surface area contributed by atoms with Gasteiger partial charge in [0.25, 0.3) is 0 Å². The second-order valence-corrected chi connectivity index (χ2v) is 4.95. The number of hydrogen-bond acceptors (Lipinski definition) is 4. The van der Waals surface area contributed by atoms with Gasteiger partial charge in [0.1, 0.15) is 0 Å². The molecule has 1 atom stereocenters. The number of hydrogen-bond donors (Lipinski definition) is 4. The maximum Gasteiger partial charge on any atom is 0.416 e. The molecule has 7 nitrogen and oxygen atoms in total. The number of carboxylic acids is 1. The van der Waals surface area contributed by atoms with Gasteiger partial charge in [0.15, 0.2) is 0 Å². The Kier molecular flexibility index (Phi) is 3.36. The lowest BCUT2D eigenvalue weighted by Crippen LogP contribution is -2.42. The highest BCUT2D eigenvalue weighted by atomic mass is 16.4. The predicted molar refractivity (Wildman–Crippen MR) is 75.9 cm³/mol. The monoisotopic (exact) mass is 289 g/mol. The van der Waals surface area contributed by atoms with Crippen LogP contribution in [0.1, 0.15) is 22.0 Å². The molecule has 2 heterocycles. The molecule has 0 radical (unpaired) electrons. The van der Waals surface area contributed by atoms with Gasteiger partial charge in [-0.05, 0) is 17.7 Å². The number of carboxylic acid groups (broad SMARTS) is 2. The molecule has 0 bridgehead atoms. The van der Waals surface area contributed by atoms with Crippen LogP contribution in [0.15, 0.2) is 24.4 Å². The zero-order valence-electron chi connectivity index (χ0n) is 11.2. The van der Waals surface area contributed by atoms with Gasteiger partial charge in [-0.2, -0.15) is 0 Å². The molecule has 1 unspecified atom stereocenters. The Hall–Kier alpha value is -2.38. The van der Waals surface area contributed by atoms with E-state index in [1.165, 1.54) is 12.3 Å². The number of aromatic carboxylic acids is 1. The van der Waals surface area contributed by atoms with Crippen molar-refractivity contribution in [1.82, 2.24) is 15.2 Å². The van der Waals surface area contributed by atoms with Gasteiger partial charge in [-0.1, -0.05) is 6.07 Å². The maximum atomic E-state index is 11.3. The van der Waals surface area contributed by atoms with Crippen LogP contribution in [0.2, 0.25) is 0 Å². The van der Waals surface area contributed by atoms with Crippen LogP contribution in [0.4, 0.5) is 4.79 Å². The van der Waals surface area contributed by atoms with E-state index in [9.17, 15) is 19.8 Å². The summed E-state index contributed by atoms with van der Waals surface area (Å²) in [6.45, 7) is 2.41. The van der Waals surface area contributed by atoms with E-state index >= 15 is 0 Å². The summed E-state index contributed by atoms with van der Waals surface area (Å²) in [5.41, 5.74) is 1.12. The van der Waals surface area contributed by atoms with Crippen LogP contribution in [-0.4, -0.2) is 46.5 Å².